The average Bonchev–Trinajstić information content (AvgIpc) is 2.69. The molecule has 8 nitrogen and oxygen atoms in total. The average molecular weight is 419 g/mol. The Hall–Kier alpha value is -2.13. The fourth-order valence-electron chi connectivity index (χ4n) is 1.60. The van der Waals surface area contributed by atoms with Crippen molar-refractivity contribution in [2.24, 2.45) is 0 Å². The predicted molar refractivity (Wildman–Crippen MR) is 101 cm³/mol. The van der Waals surface area contributed by atoms with Gasteiger partial charge in [-0.05, 0) is 19.1 Å². The smallest absolute Gasteiger partial charge is 0.328 e. The number of benzene rings is 1. The molecule has 0 aliphatic carbocycles. The first-order valence-electron chi connectivity index (χ1n) is 7.53. The summed E-state index contributed by atoms with van der Waals surface area (Å²) in [5.74, 6) is 0.593. The van der Waals surface area contributed by atoms with Crippen LogP contribution < -0.4 is 14.2 Å². The second kappa shape index (κ2) is 11.6. The molecule has 148 valence electrons. The first-order valence-corrected chi connectivity index (χ1v) is 8.28. The highest BCUT2D eigenvalue weighted by molar-refractivity contribution is 6.36. The van der Waals surface area contributed by atoms with Gasteiger partial charge in [0.1, 0.15) is 0 Å². The van der Waals surface area contributed by atoms with Crippen LogP contribution in [0, 0.1) is 0 Å². The van der Waals surface area contributed by atoms with Gasteiger partial charge in [0.2, 0.25) is 11.8 Å². The molecule has 0 fully saturated rings. The van der Waals surface area contributed by atoms with Gasteiger partial charge in [0, 0.05) is 19.2 Å². The Morgan fingerprint density at radius 1 is 0.963 bits per heavy atom. The van der Waals surface area contributed by atoms with Crippen LogP contribution in [0.3, 0.4) is 0 Å². The van der Waals surface area contributed by atoms with Crippen molar-refractivity contribution in [2.75, 3.05) is 28.4 Å². The van der Waals surface area contributed by atoms with Crippen molar-refractivity contribution in [3.63, 3.8) is 0 Å². The van der Waals surface area contributed by atoms with E-state index in [-0.39, 0.29) is 40.4 Å². The molecule has 10 heteroatoms. The van der Waals surface area contributed by atoms with E-state index in [1.165, 1.54) is 32.4 Å². The molecule has 0 saturated heterocycles. The Kier molecular flexibility index (Phi) is 9.81. The normalized spacial score (nSPS) is 10.1. The number of carbonyl (C=O) groups excluding carboxylic acids is 1. The number of nitrogens with zero attached hydrogens (tertiary/aromatic N) is 2. The minimum Gasteiger partial charge on any atom is -0.481 e. The molecule has 2 rings (SSSR count). The zero-order valence-corrected chi connectivity index (χ0v) is 17.0. The third-order valence-corrected chi connectivity index (χ3v) is 3.60. The van der Waals surface area contributed by atoms with E-state index >= 15 is 0 Å². The molecule has 0 unspecified atom stereocenters. The fourth-order valence-corrected chi connectivity index (χ4v) is 2.15. The quantitative estimate of drug-likeness (QED) is 0.491. The lowest BCUT2D eigenvalue weighted by molar-refractivity contribution is -0.0877. The van der Waals surface area contributed by atoms with Crippen molar-refractivity contribution >= 4 is 29.5 Å². The van der Waals surface area contributed by atoms with E-state index in [0.717, 1.165) is 0 Å². The van der Waals surface area contributed by atoms with Crippen molar-refractivity contribution in [2.45, 2.75) is 13.2 Å². The van der Waals surface area contributed by atoms with Crippen molar-refractivity contribution in [1.82, 2.24) is 9.97 Å². The summed E-state index contributed by atoms with van der Waals surface area (Å²) in [5, 5.41) is 0.480. The lowest BCUT2D eigenvalue weighted by atomic mass is 10.2. The van der Waals surface area contributed by atoms with E-state index in [2.05, 4.69) is 19.4 Å². The number of ether oxygens (including phenoxy) is 5. The Balaban J connectivity index is 0.000000527. The maximum absolute atomic E-state index is 11.1. The minimum absolute atomic E-state index is 0.0648. The number of hydrogen-bond donors (Lipinski definition) is 0. The van der Waals surface area contributed by atoms with Gasteiger partial charge in [-0.2, -0.15) is 9.97 Å². The highest BCUT2D eigenvalue weighted by Crippen LogP contribution is 2.34. The summed E-state index contributed by atoms with van der Waals surface area (Å²) in [5.41, 5.74) is 0.179. The molecule has 0 amide bonds. The zero-order chi connectivity index (χ0) is 20.4. The number of halogens is 2. The third kappa shape index (κ3) is 7.18. The van der Waals surface area contributed by atoms with E-state index in [0.29, 0.717) is 11.3 Å². The molecule has 0 bridgehead atoms. The van der Waals surface area contributed by atoms with Gasteiger partial charge in [0.25, 0.3) is 0 Å². The molecule has 1 heterocycles. The molecular weight excluding hydrogens is 399 g/mol. The van der Waals surface area contributed by atoms with Crippen molar-refractivity contribution in [1.29, 1.82) is 0 Å². The van der Waals surface area contributed by atoms with Gasteiger partial charge in [-0.15, -0.1) is 0 Å². The highest BCUT2D eigenvalue weighted by Gasteiger charge is 2.14. The molecule has 27 heavy (non-hydrogen) atoms. The first-order chi connectivity index (χ1) is 12.9. The summed E-state index contributed by atoms with van der Waals surface area (Å²) < 4.78 is 24.8. The van der Waals surface area contributed by atoms with Crippen molar-refractivity contribution in [3.05, 3.63) is 33.8 Å². The molecule has 0 spiro atoms. The summed E-state index contributed by atoms with van der Waals surface area (Å²) in [7, 11) is 6.09. The lowest BCUT2D eigenvalue weighted by Crippen LogP contribution is -2.05. The fraction of sp³-hybridized carbons (Fsp3) is 0.353. The summed E-state index contributed by atoms with van der Waals surface area (Å²) in [4.78, 5) is 19.1. The number of hydrogen-bond acceptors (Lipinski definition) is 8. The Labute approximate surface area is 167 Å². The topological polar surface area (TPSA) is 89.0 Å². The molecule has 0 saturated carbocycles. The standard InChI is InChI=1S/C13H10Cl2N2O4.C4H10O2/c1-19-10-5-11(20-2)17-13(16-10)21-12-7(6-18)3-8(14)4-9(12)15;1-4(5-2)6-3/h3-6H,1-2H3;4H,1-3H3. The predicted octanol–water partition coefficient (Wildman–Crippen LogP) is 4.03. The SMILES string of the molecule is COC(C)OC.COc1cc(OC)nc(Oc2c(Cl)cc(Cl)cc2C=O)n1. The van der Waals surface area contributed by atoms with Gasteiger partial charge in [-0.25, -0.2) is 0 Å². The summed E-state index contributed by atoms with van der Waals surface area (Å²) >= 11 is 11.9. The molecule has 0 radical (unpaired) electrons. The third-order valence-electron chi connectivity index (χ3n) is 3.10. The van der Waals surface area contributed by atoms with Crippen molar-refractivity contribution < 1.29 is 28.5 Å². The van der Waals surface area contributed by atoms with Crippen LogP contribution in [0.4, 0.5) is 0 Å². The molecule has 0 aliphatic heterocycles. The van der Waals surface area contributed by atoms with E-state index in [4.69, 9.17) is 37.4 Å². The molecule has 1 aromatic carbocycles. The van der Waals surface area contributed by atoms with E-state index in [1.54, 1.807) is 14.2 Å². The van der Waals surface area contributed by atoms with Gasteiger partial charge in [0.05, 0.1) is 30.9 Å². The number of aromatic nitrogens is 2. The Bertz CT molecular complexity index is 734. The molecule has 2 aromatic rings. The van der Waals surface area contributed by atoms with E-state index < -0.39 is 0 Å². The van der Waals surface area contributed by atoms with E-state index in [9.17, 15) is 4.79 Å². The van der Waals surface area contributed by atoms with Gasteiger partial charge in [-0.3, -0.25) is 4.79 Å². The van der Waals surface area contributed by atoms with Crippen LogP contribution in [-0.2, 0) is 9.47 Å². The first kappa shape index (κ1) is 22.9. The van der Waals surface area contributed by atoms with Gasteiger partial charge < -0.3 is 23.7 Å². The van der Waals surface area contributed by atoms with Gasteiger partial charge in [-0.1, -0.05) is 23.2 Å². The van der Waals surface area contributed by atoms with Gasteiger partial charge >= 0.3 is 6.01 Å². The number of rotatable bonds is 7. The van der Waals surface area contributed by atoms with Crippen LogP contribution >= 0.6 is 23.2 Å². The van der Waals surface area contributed by atoms with Crippen molar-refractivity contribution in [3.8, 4) is 23.5 Å². The largest absolute Gasteiger partial charge is 0.481 e. The minimum atomic E-state index is -0.0708. The monoisotopic (exact) mass is 418 g/mol. The molecule has 1 aromatic heterocycles. The number of aldehydes is 1. The van der Waals surface area contributed by atoms with Crippen LogP contribution in [0.1, 0.15) is 17.3 Å². The molecule has 0 atom stereocenters. The Morgan fingerprint density at radius 2 is 1.52 bits per heavy atom. The maximum Gasteiger partial charge on any atom is 0.328 e. The number of methoxy groups -OCH3 is 4. The molecule has 0 N–H and O–H groups in total. The summed E-state index contributed by atoms with van der Waals surface area (Å²) in [6, 6.07) is 4.28. The summed E-state index contributed by atoms with van der Waals surface area (Å²) in [6.45, 7) is 1.83. The Morgan fingerprint density at radius 3 is 1.93 bits per heavy atom. The zero-order valence-electron chi connectivity index (χ0n) is 15.5. The van der Waals surface area contributed by atoms with E-state index in [1.807, 2.05) is 6.92 Å². The maximum atomic E-state index is 11.1. The van der Waals surface area contributed by atoms with Crippen LogP contribution in [0.2, 0.25) is 10.0 Å². The van der Waals surface area contributed by atoms with Crippen LogP contribution in [0.5, 0.6) is 23.5 Å². The highest BCUT2D eigenvalue weighted by atomic mass is 35.5. The van der Waals surface area contributed by atoms with Crippen LogP contribution in [0.15, 0.2) is 18.2 Å². The summed E-state index contributed by atoms with van der Waals surface area (Å²) in [6.07, 6.45) is 0.509. The van der Waals surface area contributed by atoms with Crippen LogP contribution in [-0.4, -0.2) is 51.0 Å². The lowest BCUT2D eigenvalue weighted by Gasteiger charge is -2.10. The molecule has 0 aliphatic rings. The van der Waals surface area contributed by atoms with Gasteiger partial charge in [0.15, 0.2) is 18.3 Å². The number of carbonyl (C=O) groups is 1. The second-order valence-corrected chi connectivity index (χ2v) is 5.64. The van der Waals surface area contributed by atoms with Crippen LogP contribution in [0.25, 0.3) is 0 Å². The molecular formula is C17H20Cl2N2O6. The second-order valence-electron chi connectivity index (χ2n) is 4.80.